The first-order chi connectivity index (χ1) is 13.1. The van der Waals surface area contributed by atoms with Crippen LogP contribution in [0.1, 0.15) is 13.8 Å². The molecule has 0 bridgehead atoms. The van der Waals surface area contributed by atoms with E-state index >= 15 is 0 Å². The maximum atomic E-state index is 12.3. The molecule has 0 aromatic heterocycles. The molecule has 2 aromatic rings. The van der Waals surface area contributed by atoms with E-state index < -0.39 is 6.10 Å². The Kier molecular flexibility index (Phi) is 6.71. The van der Waals surface area contributed by atoms with Gasteiger partial charge in [-0.15, -0.1) is 0 Å². The van der Waals surface area contributed by atoms with E-state index in [4.69, 9.17) is 4.74 Å². The smallest absolute Gasteiger partial charge is 0.260 e. The van der Waals surface area contributed by atoms with Crippen molar-refractivity contribution in [2.24, 2.45) is 0 Å². The lowest BCUT2D eigenvalue weighted by Crippen LogP contribution is -2.53. The van der Waals surface area contributed by atoms with Crippen LogP contribution in [0.25, 0.3) is 0 Å². The highest BCUT2D eigenvalue weighted by molar-refractivity contribution is 5.80. The summed E-state index contributed by atoms with van der Waals surface area (Å²) in [6.07, 6.45) is -0.505. The van der Waals surface area contributed by atoms with E-state index in [0.29, 0.717) is 18.3 Å². The van der Waals surface area contributed by atoms with Gasteiger partial charge in [-0.3, -0.25) is 9.69 Å². The van der Waals surface area contributed by atoms with Crippen molar-refractivity contribution in [2.75, 3.05) is 37.6 Å². The predicted molar refractivity (Wildman–Crippen MR) is 109 cm³/mol. The predicted octanol–water partition coefficient (Wildman–Crippen LogP) is 2.78. The second-order valence-corrected chi connectivity index (χ2v) is 7.03. The maximum absolute atomic E-state index is 12.3. The fourth-order valence-corrected chi connectivity index (χ4v) is 3.34. The number of hydrogen-bond donors (Lipinski definition) is 1. The molecule has 2 atom stereocenters. The number of rotatable bonds is 7. The first-order valence-electron chi connectivity index (χ1n) is 9.67. The molecule has 3 rings (SSSR count). The average molecular weight is 367 g/mol. The number of ether oxygens (including phenoxy) is 1. The van der Waals surface area contributed by atoms with Gasteiger partial charge in [0.05, 0.1) is 0 Å². The quantitative estimate of drug-likeness (QED) is 0.817. The van der Waals surface area contributed by atoms with Crippen LogP contribution in [-0.4, -0.2) is 55.7 Å². The van der Waals surface area contributed by atoms with Crippen LogP contribution in [0.4, 0.5) is 5.69 Å². The van der Waals surface area contributed by atoms with Crippen molar-refractivity contribution in [2.45, 2.75) is 26.0 Å². The molecule has 1 N–H and O–H groups in total. The highest BCUT2D eigenvalue weighted by Crippen LogP contribution is 2.16. The highest BCUT2D eigenvalue weighted by atomic mass is 16.5. The number of piperazine rings is 1. The number of benzene rings is 2. The van der Waals surface area contributed by atoms with E-state index in [9.17, 15) is 4.79 Å². The highest BCUT2D eigenvalue weighted by Gasteiger charge is 2.22. The van der Waals surface area contributed by atoms with Gasteiger partial charge >= 0.3 is 0 Å². The summed E-state index contributed by atoms with van der Waals surface area (Å²) in [5, 5.41) is 3.02. The van der Waals surface area contributed by atoms with Gasteiger partial charge in [-0.25, -0.2) is 0 Å². The first kappa shape index (κ1) is 19.2. The summed E-state index contributed by atoms with van der Waals surface area (Å²) in [4.78, 5) is 17.2. The fourth-order valence-electron chi connectivity index (χ4n) is 3.34. The Morgan fingerprint density at radius 2 is 1.56 bits per heavy atom. The maximum Gasteiger partial charge on any atom is 0.260 e. The molecule has 1 aliphatic rings. The van der Waals surface area contributed by atoms with Crippen LogP contribution in [0.5, 0.6) is 5.75 Å². The first-order valence-corrected chi connectivity index (χ1v) is 9.67. The average Bonchev–Trinajstić information content (AvgIpc) is 2.73. The van der Waals surface area contributed by atoms with Gasteiger partial charge in [-0.1, -0.05) is 36.4 Å². The zero-order valence-electron chi connectivity index (χ0n) is 16.2. The molecule has 1 fully saturated rings. The van der Waals surface area contributed by atoms with Gasteiger partial charge in [-0.2, -0.15) is 0 Å². The van der Waals surface area contributed by atoms with Crippen molar-refractivity contribution in [1.29, 1.82) is 0 Å². The molecular formula is C22H29N3O2. The number of anilines is 1. The van der Waals surface area contributed by atoms with E-state index in [0.717, 1.165) is 26.2 Å². The van der Waals surface area contributed by atoms with Gasteiger partial charge in [0.2, 0.25) is 0 Å². The third-order valence-electron chi connectivity index (χ3n) is 5.06. The number of hydrogen-bond acceptors (Lipinski definition) is 4. The Morgan fingerprint density at radius 3 is 2.19 bits per heavy atom. The molecule has 1 aliphatic heterocycles. The lowest BCUT2D eigenvalue weighted by Gasteiger charge is -2.39. The standard InChI is InChI=1S/C22H29N3O2/c1-18(17-23-22(26)19(2)27-21-11-7-4-8-12-21)24-13-15-25(16-14-24)20-9-5-3-6-10-20/h3-12,18-19H,13-17H2,1-2H3,(H,23,26)/t18-,19-/m1/s1. The molecule has 0 aliphatic carbocycles. The fraction of sp³-hybridized carbons (Fsp3) is 0.409. The molecular weight excluding hydrogens is 338 g/mol. The number of para-hydroxylation sites is 2. The van der Waals surface area contributed by atoms with Crippen molar-refractivity contribution in [3.63, 3.8) is 0 Å². The van der Waals surface area contributed by atoms with Gasteiger partial charge in [-0.05, 0) is 38.1 Å². The topological polar surface area (TPSA) is 44.8 Å². The van der Waals surface area contributed by atoms with E-state index in [1.54, 1.807) is 6.92 Å². The van der Waals surface area contributed by atoms with E-state index in [2.05, 4.69) is 46.3 Å². The second-order valence-electron chi connectivity index (χ2n) is 7.03. The van der Waals surface area contributed by atoms with E-state index in [1.165, 1.54) is 5.69 Å². The van der Waals surface area contributed by atoms with Gasteiger partial charge < -0.3 is 15.0 Å². The summed E-state index contributed by atoms with van der Waals surface area (Å²) in [5.41, 5.74) is 1.28. The molecule has 5 heteroatoms. The number of amides is 1. The summed E-state index contributed by atoms with van der Waals surface area (Å²) in [6.45, 7) is 8.61. The lowest BCUT2D eigenvalue weighted by atomic mass is 10.2. The number of nitrogens with zero attached hydrogens (tertiary/aromatic N) is 2. The zero-order valence-corrected chi connectivity index (χ0v) is 16.2. The van der Waals surface area contributed by atoms with Crippen LogP contribution >= 0.6 is 0 Å². The van der Waals surface area contributed by atoms with Crippen LogP contribution in [0, 0.1) is 0 Å². The molecule has 27 heavy (non-hydrogen) atoms. The SMILES string of the molecule is C[C@H](CNC(=O)[C@@H](C)Oc1ccccc1)N1CCN(c2ccccc2)CC1. The minimum Gasteiger partial charge on any atom is -0.481 e. The van der Waals surface area contributed by atoms with E-state index in [-0.39, 0.29) is 5.91 Å². The molecule has 2 aromatic carbocycles. The minimum atomic E-state index is -0.505. The van der Waals surface area contributed by atoms with Crippen molar-refractivity contribution in [3.05, 3.63) is 60.7 Å². The number of carbonyl (C=O) groups excluding carboxylic acids is 1. The van der Waals surface area contributed by atoms with Crippen LogP contribution in [0.2, 0.25) is 0 Å². The number of carbonyl (C=O) groups is 1. The Balaban J connectivity index is 1.40. The molecule has 0 radical (unpaired) electrons. The molecule has 5 nitrogen and oxygen atoms in total. The van der Waals surface area contributed by atoms with Crippen molar-refractivity contribution in [1.82, 2.24) is 10.2 Å². The Bertz CT molecular complexity index is 700. The lowest BCUT2D eigenvalue weighted by molar-refractivity contribution is -0.127. The van der Waals surface area contributed by atoms with Crippen molar-refractivity contribution >= 4 is 11.6 Å². The van der Waals surface area contributed by atoms with Crippen LogP contribution in [0.15, 0.2) is 60.7 Å². The van der Waals surface area contributed by atoms with Gasteiger partial charge in [0.25, 0.3) is 5.91 Å². The third-order valence-corrected chi connectivity index (χ3v) is 5.06. The van der Waals surface area contributed by atoms with Crippen LogP contribution in [0.3, 0.4) is 0 Å². The summed E-state index contributed by atoms with van der Waals surface area (Å²) >= 11 is 0. The van der Waals surface area contributed by atoms with Crippen LogP contribution < -0.4 is 15.0 Å². The molecule has 1 amide bonds. The Morgan fingerprint density at radius 1 is 0.963 bits per heavy atom. The normalized spacial score (nSPS) is 17.2. The third kappa shape index (κ3) is 5.47. The molecule has 144 valence electrons. The summed E-state index contributed by atoms with van der Waals surface area (Å²) in [5.74, 6) is 0.638. The molecule has 1 heterocycles. The zero-order chi connectivity index (χ0) is 19.1. The van der Waals surface area contributed by atoms with Crippen molar-refractivity contribution in [3.8, 4) is 5.75 Å². The summed E-state index contributed by atoms with van der Waals surface area (Å²) in [7, 11) is 0. The van der Waals surface area contributed by atoms with Crippen LogP contribution in [-0.2, 0) is 4.79 Å². The molecule has 0 spiro atoms. The largest absolute Gasteiger partial charge is 0.481 e. The second kappa shape index (κ2) is 9.42. The monoisotopic (exact) mass is 367 g/mol. The van der Waals surface area contributed by atoms with Gasteiger partial charge in [0.15, 0.2) is 6.10 Å². The van der Waals surface area contributed by atoms with Gasteiger partial charge in [0.1, 0.15) is 5.75 Å². The minimum absolute atomic E-state index is 0.0753. The molecule has 0 saturated carbocycles. The van der Waals surface area contributed by atoms with E-state index in [1.807, 2.05) is 36.4 Å². The molecule has 0 unspecified atom stereocenters. The Hall–Kier alpha value is -2.53. The molecule has 1 saturated heterocycles. The summed E-state index contributed by atoms with van der Waals surface area (Å²) < 4.78 is 5.68. The summed E-state index contributed by atoms with van der Waals surface area (Å²) in [6, 6.07) is 20.3. The number of nitrogens with one attached hydrogen (secondary N) is 1. The van der Waals surface area contributed by atoms with Crippen molar-refractivity contribution < 1.29 is 9.53 Å². The Labute approximate surface area is 161 Å². The van der Waals surface area contributed by atoms with Gasteiger partial charge in [0, 0.05) is 44.5 Å².